The number of thiophene rings is 1. The van der Waals surface area contributed by atoms with Gasteiger partial charge in [0, 0.05) is 50.0 Å². The molecule has 0 spiro atoms. The van der Waals surface area contributed by atoms with E-state index in [1.807, 2.05) is 52.0 Å². The van der Waals surface area contributed by atoms with E-state index in [2.05, 4.69) is 9.97 Å². The van der Waals surface area contributed by atoms with Crippen LogP contribution in [0.25, 0.3) is 43.4 Å². The van der Waals surface area contributed by atoms with Gasteiger partial charge in [-0.3, -0.25) is 4.98 Å². The standard InChI is InChI=1S/C25H24N2OS/c1-14-9-10-17-16-7-6-8-18(23(16)28-24(17)27-14)20-11-21-19(13-26-20)15(2)22(29-21)12-25(3,4)5/h6-11,13H,12H2,1-5H3/i1D3,12D2. The molecule has 5 aromatic rings. The lowest BCUT2D eigenvalue weighted by atomic mass is 9.90. The highest BCUT2D eigenvalue weighted by atomic mass is 32.1. The third-order valence-corrected chi connectivity index (χ3v) is 6.12. The van der Waals surface area contributed by atoms with Crippen LogP contribution in [0, 0.1) is 19.2 Å². The molecular weight excluding hydrogens is 376 g/mol. The van der Waals surface area contributed by atoms with Crippen LogP contribution in [0.5, 0.6) is 0 Å². The molecule has 0 fully saturated rings. The Hall–Kier alpha value is -2.72. The van der Waals surface area contributed by atoms with Crippen molar-refractivity contribution >= 4 is 43.5 Å². The minimum Gasteiger partial charge on any atom is -0.437 e. The van der Waals surface area contributed by atoms with E-state index in [0.29, 0.717) is 11.3 Å². The average molecular weight is 406 g/mol. The summed E-state index contributed by atoms with van der Waals surface area (Å²) in [5, 5.41) is 2.53. The number of benzene rings is 1. The second kappa shape index (κ2) is 6.39. The van der Waals surface area contributed by atoms with Crippen LogP contribution in [0.1, 0.15) is 43.8 Å². The van der Waals surface area contributed by atoms with E-state index in [0.717, 1.165) is 36.9 Å². The Morgan fingerprint density at radius 2 is 2.00 bits per heavy atom. The minimum atomic E-state index is -2.31. The molecule has 3 nitrogen and oxygen atoms in total. The zero-order valence-corrected chi connectivity index (χ0v) is 17.6. The molecule has 0 saturated heterocycles. The van der Waals surface area contributed by atoms with Gasteiger partial charge in [-0.25, -0.2) is 4.98 Å². The molecule has 0 bridgehead atoms. The number of hydrogen-bond donors (Lipinski definition) is 0. The molecule has 0 aliphatic heterocycles. The van der Waals surface area contributed by atoms with E-state index in [9.17, 15) is 0 Å². The fourth-order valence-corrected chi connectivity index (χ4v) is 4.93. The molecule has 0 radical (unpaired) electrons. The van der Waals surface area contributed by atoms with E-state index in [1.54, 1.807) is 12.3 Å². The second-order valence-electron chi connectivity index (χ2n) is 8.33. The number of fused-ring (bicyclic) bond motifs is 4. The lowest BCUT2D eigenvalue weighted by Crippen LogP contribution is -2.08. The SMILES string of the molecule is [2H]C([2H])([2H])c1ccc2c(n1)oc1c(-c3cc4sc(C([2H])([2H])C(C)(C)C)c(C)c4cn3)cccc12. The van der Waals surface area contributed by atoms with Gasteiger partial charge in [-0.1, -0.05) is 32.9 Å². The molecule has 29 heavy (non-hydrogen) atoms. The quantitative estimate of drug-likeness (QED) is 0.306. The predicted octanol–water partition coefficient (Wildman–Crippen LogP) is 7.46. The van der Waals surface area contributed by atoms with Gasteiger partial charge >= 0.3 is 0 Å². The van der Waals surface area contributed by atoms with Crippen LogP contribution in [0.3, 0.4) is 0 Å². The lowest BCUT2D eigenvalue weighted by Gasteiger charge is -2.17. The van der Waals surface area contributed by atoms with Crippen molar-refractivity contribution in [1.29, 1.82) is 0 Å². The van der Waals surface area contributed by atoms with Gasteiger partial charge in [-0.15, -0.1) is 11.3 Å². The van der Waals surface area contributed by atoms with Crippen molar-refractivity contribution < 1.29 is 11.3 Å². The fraction of sp³-hybridized carbons (Fsp3) is 0.280. The molecule has 0 amide bonds. The van der Waals surface area contributed by atoms with Crippen molar-refractivity contribution in [2.45, 2.75) is 40.9 Å². The zero-order valence-electron chi connectivity index (χ0n) is 21.8. The summed E-state index contributed by atoms with van der Waals surface area (Å²) in [6.45, 7) is 5.37. The summed E-state index contributed by atoms with van der Waals surface area (Å²) in [4.78, 5) is 9.65. The Bertz CT molecular complexity index is 1570. The molecule has 146 valence electrons. The van der Waals surface area contributed by atoms with Crippen molar-refractivity contribution in [3.8, 4) is 11.3 Å². The maximum absolute atomic E-state index is 8.74. The molecule has 4 heteroatoms. The third-order valence-electron chi connectivity index (χ3n) is 4.95. The van der Waals surface area contributed by atoms with Crippen LogP contribution in [-0.4, -0.2) is 9.97 Å². The number of nitrogens with zero attached hydrogens (tertiary/aromatic N) is 2. The van der Waals surface area contributed by atoms with E-state index in [1.165, 1.54) is 17.4 Å². The molecule has 0 saturated carbocycles. The fourth-order valence-electron chi connectivity index (χ4n) is 3.60. The summed E-state index contributed by atoms with van der Waals surface area (Å²) in [6, 6.07) is 11.0. The number of aryl methyl sites for hydroxylation is 2. The highest BCUT2D eigenvalue weighted by Gasteiger charge is 2.18. The smallest absolute Gasteiger partial charge is 0.227 e. The van der Waals surface area contributed by atoms with Gasteiger partial charge in [-0.05, 0) is 55.4 Å². The molecular formula is C25H24N2OS. The molecule has 5 rings (SSSR count). The predicted molar refractivity (Wildman–Crippen MR) is 123 cm³/mol. The van der Waals surface area contributed by atoms with Crippen LogP contribution in [0.4, 0.5) is 0 Å². The van der Waals surface area contributed by atoms with Crippen molar-refractivity contribution in [2.75, 3.05) is 0 Å². The number of hydrogen-bond acceptors (Lipinski definition) is 4. The molecule has 4 heterocycles. The van der Waals surface area contributed by atoms with Crippen molar-refractivity contribution in [3.63, 3.8) is 0 Å². The van der Waals surface area contributed by atoms with Gasteiger partial charge in [0.15, 0.2) is 0 Å². The molecule has 0 aliphatic carbocycles. The maximum Gasteiger partial charge on any atom is 0.227 e. The van der Waals surface area contributed by atoms with Crippen LogP contribution < -0.4 is 0 Å². The van der Waals surface area contributed by atoms with Gasteiger partial charge in [0.05, 0.1) is 5.69 Å². The molecule has 0 unspecified atom stereocenters. The summed E-state index contributed by atoms with van der Waals surface area (Å²) in [5.41, 5.74) is 2.73. The number of aromatic nitrogens is 2. The third kappa shape index (κ3) is 3.12. The van der Waals surface area contributed by atoms with E-state index in [4.69, 9.17) is 11.3 Å². The zero-order chi connectivity index (χ0) is 24.6. The Labute approximate surface area is 181 Å². The van der Waals surface area contributed by atoms with E-state index in [-0.39, 0.29) is 11.4 Å². The van der Waals surface area contributed by atoms with Crippen molar-refractivity contribution in [1.82, 2.24) is 9.97 Å². The summed E-state index contributed by atoms with van der Waals surface area (Å²) in [6.07, 6.45) is 0.317. The highest BCUT2D eigenvalue weighted by molar-refractivity contribution is 7.19. The Morgan fingerprint density at radius 1 is 1.14 bits per heavy atom. The summed E-state index contributed by atoms with van der Waals surface area (Å²) in [7, 11) is 0. The Balaban J connectivity index is 1.69. The van der Waals surface area contributed by atoms with Crippen LogP contribution in [-0.2, 0) is 6.37 Å². The minimum absolute atomic E-state index is 0.00476. The van der Waals surface area contributed by atoms with Gasteiger partial charge < -0.3 is 4.42 Å². The summed E-state index contributed by atoms with van der Waals surface area (Å²) in [5.74, 6) is 0. The topological polar surface area (TPSA) is 38.9 Å². The van der Waals surface area contributed by atoms with Gasteiger partial charge in [0.25, 0.3) is 0 Å². The highest BCUT2D eigenvalue weighted by Crippen LogP contribution is 2.39. The maximum atomic E-state index is 8.74. The van der Waals surface area contributed by atoms with Crippen molar-refractivity contribution in [2.24, 2.45) is 5.41 Å². The summed E-state index contributed by atoms with van der Waals surface area (Å²) >= 11 is 1.46. The van der Waals surface area contributed by atoms with Gasteiger partial charge in [0.1, 0.15) is 5.58 Å². The first-order valence-electron chi connectivity index (χ1n) is 12.0. The monoisotopic (exact) mass is 405 g/mol. The lowest BCUT2D eigenvalue weighted by molar-refractivity contribution is 0.414. The molecule has 0 N–H and O–H groups in total. The molecule has 0 atom stereocenters. The van der Waals surface area contributed by atoms with Crippen LogP contribution in [0.2, 0.25) is 0 Å². The second-order valence-corrected chi connectivity index (χ2v) is 9.38. The Kier molecular flexibility index (Phi) is 2.97. The summed E-state index contributed by atoms with van der Waals surface area (Å²) < 4.78 is 47.4. The first-order chi connectivity index (χ1) is 15.8. The van der Waals surface area contributed by atoms with Gasteiger partial charge in [-0.2, -0.15) is 0 Å². The largest absolute Gasteiger partial charge is 0.437 e. The van der Waals surface area contributed by atoms with Gasteiger partial charge in [0.2, 0.25) is 5.71 Å². The van der Waals surface area contributed by atoms with E-state index >= 15 is 0 Å². The van der Waals surface area contributed by atoms with Crippen LogP contribution >= 0.6 is 11.3 Å². The first-order valence-corrected chi connectivity index (χ1v) is 10.3. The first kappa shape index (κ1) is 13.5. The average Bonchev–Trinajstić information content (AvgIpc) is 3.29. The molecule has 0 aliphatic rings. The molecule has 4 aromatic heterocycles. The number of furan rings is 1. The number of rotatable bonds is 2. The van der Waals surface area contributed by atoms with Crippen molar-refractivity contribution in [3.05, 3.63) is 58.7 Å². The number of pyridine rings is 2. The van der Waals surface area contributed by atoms with Crippen LogP contribution in [0.15, 0.2) is 47.0 Å². The normalized spacial score (nSPS) is 15.9. The molecule has 1 aromatic carbocycles. The number of para-hydroxylation sites is 1. The Morgan fingerprint density at radius 3 is 2.79 bits per heavy atom. The van der Waals surface area contributed by atoms with E-state index < -0.39 is 18.6 Å².